The number of hydrogen-bond donors (Lipinski definition) is 1. The molecule has 0 aliphatic heterocycles. The van der Waals surface area contributed by atoms with Crippen LogP contribution in [0.15, 0.2) is 30.8 Å². The summed E-state index contributed by atoms with van der Waals surface area (Å²) in [5, 5.41) is 0. The number of rotatable bonds is 2. The molecule has 2 heteroatoms. The molecular weight excluding hydrogens is 145 g/mol. The van der Waals surface area contributed by atoms with Gasteiger partial charge in [0.25, 0.3) is 0 Å². The summed E-state index contributed by atoms with van der Waals surface area (Å²) in [7, 11) is 0. The summed E-state index contributed by atoms with van der Waals surface area (Å²) >= 11 is 0. The fourth-order valence-corrected chi connectivity index (χ4v) is 0.759. The Kier molecular flexibility index (Phi) is 5.51. The first kappa shape index (κ1) is 10.9. The van der Waals surface area contributed by atoms with Crippen LogP contribution in [0.1, 0.15) is 11.1 Å². The molecule has 0 unspecified atom stereocenters. The maximum Gasteiger partial charge on any atom is 1.00 e. The van der Waals surface area contributed by atoms with Gasteiger partial charge in [-0.3, -0.25) is 0 Å². The summed E-state index contributed by atoms with van der Waals surface area (Å²) in [6.45, 7) is 4.12. The average Bonchev–Trinajstić information content (AvgIpc) is 2.05. The summed E-state index contributed by atoms with van der Waals surface area (Å²) in [4.78, 5) is 0. The van der Waals surface area contributed by atoms with Crippen LogP contribution in [0, 0.1) is 6.08 Å². The third kappa shape index (κ3) is 3.21. The molecule has 0 heterocycles. The standard InChI is InChI=1S/C9H10N.Na/c1-2-8-3-5-9(7-10)6-4-8;/h3-6H,1,7,10H2;/q-1;+1. The van der Waals surface area contributed by atoms with Gasteiger partial charge >= 0.3 is 29.6 Å². The maximum atomic E-state index is 5.41. The molecule has 0 bridgehead atoms. The van der Waals surface area contributed by atoms with Crippen LogP contribution in [0.2, 0.25) is 0 Å². The molecule has 0 aliphatic carbocycles. The van der Waals surface area contributed by atoms with E-state index in [2.05, 4.69) is 12.7 Å². The molecule has 0 fully saturated rings. The molecule has 11 heavy (non-hydrogen) atoms. The van der Waals surface area contributed by atoms with Crippen LogP contribution in [0.5, 0.6) is 0 Å². The Balaban J connectivity index is 0.000001000. The molecule has 0 aromatic heterocycles. The minimum absolute atomic E-state index is 0. The summed E-state index contributed by atoms with van der Waals surface area (Å²) in [5.74, 6) is 0. The minimum Gasteiger partial charge on any atom is -0.327 e. The normalized spacial score (nSPS) is 8.45. The van der Waals surface area contributed by atoms with Gasteiger partial charge in [-0.15, -0.1) is 12.1 Å². The van der Waals surface area contributed by atoms with Crippen molar-refractivity contribution in [3.8, 4) is 0 Å². The molecule has 0 saturated carbocycles. The van der Waals surface area contributed by atoms with E-state index in [4.69, 9.17) is 5.73 Å². The van der Waals surface area contributed by atoms with Gasteiger partial charge in [0.05, 0.1) is 0 Å². The van der Waals surface area contributed by atoms with Gasteiger partial charge in [-0.25, -0.2) is 0 Å². The Morgan fingerprint density at radius 2 is 1.82 bits per heavy atom. The number of hydrogen-bond acceptors (Lipinski definition) is 1. The van der Waals surface area contributed by atoms with Crippen molar-refractivity contribution in [3.05, 3.63) is 48.0 Å². The molecule has 0 saturated heterocycles. The SMILES string of the molecule is C=[C-]c1ccc(CN)cc1.[Na+]. The zero-order valence-corrected chi connectivity index (χ0v) is 8.80. The predicted molar refractivity (Wildman–Crippen MR) is 42.3 cm³/mol. The van der Waals surface area contributed by atoms with Gasteiger partial charge in [0, 0.05) is 6.54 Å². The minimum atomic E-state index is 0. The van der Waals surface area contributed by atoms with Crippen molar-refractivity contribution in [2.45, 2.75) is 6.54 Å². The van der Waals surface area contributed by atoms with E-state index in [1.165, 1.54) is 0 Å². The van der Waals surface area contributed by atoms with Crippen LogP contribution in [0.3, 0.4) is 0 Å². The largest absolute Gasteiger partial charge is 1.00 e. The molecule has 1 rings (SSSR count). The molecular formula is C9H10NNa. The van der Waals surface area contributed by atoms with Crippen LogP contribution in [0.4, 0.5) is 0 Å². The molecule has 1 aromatic carbocycles. The predicted octanol–water partition coefficient (Wildman–Crippen LogP) is -1.51. The Morgan fingerprint density at radius 3 is 2.18 bits per heavy atom. The molecule has 1 aromatic rings. The Labute approximate surface area is 89.6 Å². The zero-order valence-electron chi connectivity index (χ0n) is 6.80. The molecule has 2 N–H and O–H groups in total. The Morgan fingerprint density at radius 1 is 1.27 bits per heavy atom. The molecule has 0 aliphatic rings. The van der Waals surface area contributed by atoms with E-state index in [9.17, 15) is 0 Å². The number of nitrogens with two attached hydrogens (primary N) is 1. The van der Waals surface area contributed by atoms with Crippen molar-refractivity contribution in [2.75, 3.05) is 0 Å². The van der Waals surface area contributed by atoms with E-state index in [0.717, 1.165) is 11.1 Å². The zero-order chi connectivity index (χ0) is 7.40. The van der Waals surface area contributed by atoms with Crippen LogP contribution in [-0.2, 0) is 6.54 Å². The first-order valence-electron chi connectivity index (χ1n) is 3.19. The van der Waals surface area contributed by atoms with E-state index in [1.807, 2.05) is 24.3 Å². The quantitative estimate of drug-likeness (QED) is 0.407. The molecule has 52 valence electrons. The molecule has 0 amide bonds. The van der Waals surface area contributed by atoms with E-state index in [0.29, 0.717) is 6.54 Å². The van der Waals surface area contributed by atoms with E-state index in [-0.39, 0.29) is 29.6 Å². The van der Waals surface area contributed by atoms with E-state index >= 15 is 0 Å². The Bertz CT molecular complexity index is 216. The van der Waals surface area contributed by atoms with Crippen LogP contribution >= 0.6 is 0 Å². The smallest absolute Gasteiger partial charge is 0.327 e. The monoisotopic (exact) mass is 155 g/mol. The van der Waals surface area contributed by atoms with Gasteiger partial charge in [0.1, 0.15) is 0 Å². The summed E-state index contributed by atoms with van der Waals surface area (Å²) in [5.41, 5.74) is 7.55. The van der Waals surface area contributed by atoms with E-state index < -0.39 is 0 Å². The van der Waals surface area contributed by atoms with Gasteiger partial charge < -0.3 is 5.73 Å². The van der Waals surface area contributed by atoms with Crippen LogP contribution in [0.25, 0.3) is 0 Å². The molecule has 0 atom stereocenters. The fourth-order valence-electron chi connectivity index (χ4n) is 0.759. The summed E-state index contributed by atoms with van der Waals surface area (Å²) < 4.78 is 0. The van der Waals surface area contributed by atoms with Gasteiger partial charge in [-0.1, -0.05) is 5.56 Å². The third-order valence-electron chi connectivity index (χ3n) is 1.39. The van der Waals surface area contributed by atoms with Crippen molar-refractivity contribution in [1.29, 1.82) is 0 Å². The van der Waals surface area contributed by atoms with Gasteiger partial charge in [0.15, 0.2) is 0 Å². The van der Waals surface area contributed by atoms with Gasteiger partial charge in [-0.2, -0.15) is 30.4 Å². The fraction of sp³-hybridized carbons (Fsp3) is 0.111. The van der Waals surface area contributed by atoms with Gasteiger partial charge in [-0.05, 0) is 0 Å². The van der Waals surface area contributed by atoms with Crippen LogP contribution < -0.4 is 35.3 Å². The topological polar surface area (TPSA) is 26.0 Å². The number of benzene rings is 1. The van der Waals surface area contributed by atoms with E-state index in [1.54, 1.807) is 0 Å². The maximum absolute atomic E-state index is 5.41. The van der Waals surface area contributed by atoms with Crippen molar-refractivity contribution in [1.82, 2.24) is 0 Å². The third-order valence-corrected chi connectivity index (χ3v) is 1.39. The second kappa shape index (κ2) is 5.56. The first-order chi connectivity index (χ1) is 4.86. The van der Waals surface area contributed by atoms with Gasteiger partial charge in [0.2, 0.25) is 0 Å². The van der Waals surface area contributed by atoms with Crippen LogP contribution in [-0.4, -0.2) is 0 Å². The average molecular weight is 155 g/mol. The Hall–Kier alpha value is -0.0800. The molecule has 1 nitrogen and oxygen atoms in total. The molecule has 0 spiro atoms. The second-order valence-electron chi connectivity index (χ2n) is 2.08. The van der Waals surface area contributed by atoms with Crippen molar-refractivity contribution in [3.63, 3.8) is 0 Å². The van der Waals surface area contributed by atoms with Crippen molar-refractivity contribution in [2.24, 2.45) is 5.73 Å². The summed E-state index contributed by atoms with van der Waals surface area (Å²) in [6, 6.07) is 7.87. The second-order valence-corrected chi connectivity index (χ2v) is 2.08. The van der Waals surface area contributed by atoms with Crippen molar-refractivity contribution >= 4 is 0 Å². The first-order valence-corrected chi connectivity index (χ1v) is 3.19. The molecule has 0 radical (unpaired) electrons. The summed E-state index contributed by atoms with van der Waals surface area (Å²) in [6.07, 6.45) is 2.79. The van der Waals surface area contributed by atoms with Crippen molar-refractivity contribution < 1.29 is 29.6 Å².